The van der Waals surface area contributed by atoms with Crippen LogP contribution in [0, 0.1) is 0 Å². The molecule has 0 aliphatic heterocycles. The van der Waals surface area contributed by atoms with Gasteiger partial charge in [-0.2, -0.15) is 0 Å². The first-order valence-electron chi connectivity index (χ1n) is 3.13. The number of nitrogens with two attached hydrogens (primary N) is 2. The van der Waals surface area contributed by atoms with E-state index in [1.165, 1.54) is 0 Å². The van der Waals surface area contributed by atoms with E-state index in [0.717, 1.165) is 0 Å². The van der Waals surface area contributed by atoms with Crippen molar-refractivity contribution in [3.05, 3.63) is 18.5 Å². The Morgan fingerprint density at radius 3 is 3.00 bits per heavy atom. The summed E-state index contributed by atoms with van der Waals surface area (Å²) in [5.74, 6) is 0.329. The van der Waals surface area contributed by atoms with E-state index in [1.54, 1.807) is 23.0 Å². The summed E-state index contributed by atoms with van der Waals surface area (Å²) in [4.78, 5) is 3.99. The van der Waals surface area contributed by atoms with Gasteiger partial charge in [-0.15, -0.1) is 5.10 Å². The van der Waals surface area contributed by atoms with Crippen molar-refractivity contribution in [2.75, 3.05) is 11.5 Å². The molecule has 0 radical (unpaired) electrons. The standard InChI is InChI=1S/C6H7N5/c7-4-3-5-9-1-2-11(5)10-6(4)8/h1-3H,7H2,(H2,8,10). The predicted molar refractivity (Wildman–Crippen MR) is 41.8 cm³/mol. The molecule has 0 spiro atoms. The van der Waals surface area contributed by atoms with Crippen LogP contribution in [0.1, 0.15) is 0 Å². The molecule has 2 aromatic heterocycles. The molecular formula is C6H7N5. The summed E-state index contributed by atoms with van der Waals surface area (Å²) in [6, 6.07) is 1.68. The van der Waals surface area contributed by atoms with Crippen molar-refractivity contribution in [3.63, 3.8) is 0 Å². The topological polar surface area (TPSA) is 82.2 Å². The zero-order chi connectivity index (χ0) is 7.84. The highest BCUT2D eigenvalue weighted by Gasteiger charge is 1.99. The Hall–Kier alpha value is -1.78. The van der Waals surface area contributed by atoms with Gasteiger partial charge in [-0.1, -0.05) is 0 Å². The van der Waals surface area contributed by atoms with Crippen molar-refractivity contribution >= 4 is 17.2 Å². The van der Waals surface area contributed by atoms with Gasteiger partial charge in [-0.25, -0.2) is 9.50 Å². The Balaban J connectivity index is 2.86. The second-order valence-corrected chi connectivity index (χ2v) is 2.21. The van der Waals surface area contributed by atoms with Crippen molar-refractivity contribution in [2.24, 2.45) is 0 Å². The first kappa shape index (κ1) is 5.96. The Morgan fingerprint density at radius 2 is 2.18 bits per heavy atom. The lowest BCUT2D eigenvalue weighted by atomic mass is 10.4. The van der Waals surface area contributed by atoms with Gasteiger partial charge >= 0.3 is 0 Å². The molecule has 0 amide bonds. The second-order valence-electron chi connectivity index (χ2n) is 2.21. The highest BCUT2D eigenvalue weighted by molar-refractivity contribution is 5.63. The van der Waals surface area contributed by atoms with E-state index in [1.807, 2.05) is 0 Å². The molecule has 0 unspecified atom stereocenters. The van der Waals surface area contributed by atoms with Gasteiger partial charge in [-0.05, 0) is 0 Å². The van der Waals surface area contributed by atoms with E-state index in [4.69, 9.17) is 11.5 Å². The predicted octanol–water partition coefficient (Wildman–Crippen LogP) is -0.106. The number of hydrogen-bond donors (Lipinski definition) is 2. The highest BCUT2D eigenvalue weighted by atomic mass is 15.3. The van der Waals surface area contributed by atoms with Gasteiger partial charge < -0.3 is 11.5 Å². The maximum Gasteiger partial charge on any atom is 0.167 e. The lowest BCUT2D eigenvalue weighted by Crippen LogP contribution is -2.01. The zero-order valence-electron chi connectivity index (χ0n) is 5.73. The number of imidazole rings is 1. The van der Waals surface area contributed by atoms with Crippen LogP contribution in [0.25, 0.3) is 5.65 Å². The number of nitrogen functional groups attached to an aromatic ring is 2. The lowest BCUT2D eigenvalue weighted by Gasteiger charge is -1.97. The quantitative estimate of drug-likeness (QED) is 0.547. The molecule has 0 aliphatic carbocycles. The molecule has 4 N–H and O–H groups in total. The van der Waals surface area contributed by atoms with Crippen LogP contribution in [-0.4, -0.2) is 14.6 Å². The molecule has 0 aromatic carbocycles. The third-order valence-corrected chi connectivity index (χ3v) is 1.45. The van der Waals surface area contributed by atoms with Crippen molar-refractivity contribution in [1.29, 1.82) is 0 Å². The van der Waals surface area contributed by atoms with Crippen molar-refractivity contribution in [1.82, 2.24) is 14.6 Å². The molecule has 11 heavy (non-hydrogen) atoms. The van der Waals surface area contributed by atoms with E-state index >= 15 is 0 Å². The smallest absolute Gasteiger partial charge is 0.167 e. The Morgan fingerprint density at radius 1 is 1.36 bits per heavy atom. The normalized spacial score (nSPS) is 10.5. The minimum absolute atomic E-state index is 0.329. The minimum Gasteiger partial charge on any atom is -0.396 e. The molecule has 5 nitrogen and oxygen atoms in total. The van der Waals surface area contributed by atoms with Crippen molar-refractivity contribution < 1.29 is 0 Å². The fourth-order valence-corrected chi connectivity index (χ4v) is 0.883. The van der Waals surface area contributed by atoms with Gasteiger partial charge in [0.1, 0.15) is 0 Å². The molecule has 0 saturated heterocycles. The fraction of sp³-hybridized carbons (Fsp3) is 0. The molecule has 0 atom stereocenters. The Bertz CT molecular complexity index is 355. The summed E-state index contributed by atoms with van der Waals surface area (Å²) in [5.41, 5.74) is 12.1. The molecule has 0 saturated carbocycles. The third kappa shape index (κ3) is 0.778. The number of anilines is 2. The SMILES string of the molecule is Nc1cc2nccn2nc1N. The van der Waals surface area contributed by atoms with Crippen LogP contribution in [0.4, 0.5) is 11.5 Å². The minimum atomic E-state index is 0.329. The molecular weight excluding hydrogens is 142 g/mol. The molecule has 0 fully saturated rings. The summed E-state index contributed by atoms with van der Waals surface area (Å²) < 4.78 is 1.58. The first-order chi connectivity index (χ1) is 5.27. The number of rotatable bonds is 0. The number of fused-ring (bicyclic) bond motifs is 1. The highest BCUT2D eigenvalue weighted by Crippen LogP contribution is 2.11. The summed E-state index contributed by atoms with van der Waals surface area (Å²) in [7, 11) is 0. The van der Waals surface area contributed by atoms with Crippen LogP contribution in [0.5, 0.6) is 0 Å². The van der Waals surface area contributed by atoms with Crippen molar-refractivity contribution in [3.8, 4) is 0 Å². The number of aromatic nitrogens is 3. The van der Waals surface area contributed by atoms with E-state index in [2.05, 4.69) is 10.1 Å². The monoisotopic (exact) mass is 149 g/mol. The first-order valence-corrected chi connectivity index (χ1v) is 3.13. The van der Waals surface area contributed by atoms with Crippen LogP contribution >= 0.6 is 0 Å². The van der Waals surface area contributed by atoms with Gasteiger partial charge in [0.15, 0.2) is 11.5 Å². The maximum atomic E-state index is 5.50. The largest absolute Gasteiger partial charge is 0.396 e. The van der Waals surface area contributed by atoms with Crippen LogP contribution < -0.4 is 11.5 Å². The Labute approximate surface area is 62.6 Å². The summed E-state index contributed by atoms with van der Waals surface area (Å²) >= 11 is 0. The van der Waals surface area contributed by atoms with Crippen LogP contribution in [0.15, 0.2) is 18.5 Å². The number of hydrogen-bond acceptors (Lipinski definition) is 4. The molecule has 0 aliphatic rings. The molecule has 0 bridgehead atoms. The van der Waals surface area contributed by atoms with Crippen LogP contribution in [-0.2, 0) is 0 Å². The van der Waals surface area contributed by atoms with E-state index in [0.29, 0.717) is 17.2 Å². The average Bonchev–Trinajstić information content (AvgIpc) is 2.36. The molecule has 2 heterocycles. The fourth-order valence-electron chi connectivity index (χ4n) is 0.883. The summed E-state index contributed by atoms with van der Waals surface area (Å²) in [6.07, 6.45) is 3.35. The molecule has 2 aromatic rings. The van der Waals surface area contributed by atoms with Gasteiger partial charge in [0, 0.05) is 18.5 Å². The second kappa shape index (κ2) is 1.85. The number of nitrogens with zero attached hydrogens (tertiary/aromatic N) is 3. The summed E-state index contributed by atoms with van der Waals surface area (Å²) in [6.45, 7) is 0. The molecule has 56 valence electrons. The van der Waals surface area contributed by atoms with Gasteiger partial charge in [0.05, 0.1) is 5.69 Å². The van der Waals surface area contributed by atoms with Crippen LogP contribution in [0.2, 0.25) is 0 Å². The van der Waals surface area contributed by atoms with Crippen LogP contribution in [0.3, 0.4) is 0 Å². The van der Waals surface area contributed by atoms with Crippen molar-refractivity contribution in [2.45, 2.75) is 0 Å². The van der Waals surface area contributed by atoms with Gasteiger partial charge in [0.2, 0.25) is 0 Å². The summed E-state index contributed by atoms with van der Waals surface area (Å²) in [5, 5.41) is 3.94. The van der Waals surface area contributed by atoms with E-state index in [9.17, 15) is 0 Å². The average molecular weight is 149 g/mol. The maximum absolute atomic E-state index is 5.50. The molecule has 2 rings (SSSR count). The zero-order valence-corrected chi connectivity index (χ0v) is 5.73. The third-order valence-electron chi connectivity index (χ3n) is 1.45. The van der Waals surface area contributed by atoms with Gasteiger partial charge in [0.25, 0.3) is 0 Å². The van der Waals surface area contributed by atoms with Gasteiger partial charge in [-0.3, -0.25) is 0 Å². The molecule has 5 heteroatoms. The van der Waals surface area contributed by atoms with E-state index in [-0.39, 0.29) is 0 Å². The van der Waals surface area contributed by atoms with E-state index < -0.39 is 0 Å². The lowest BCUT2D eigenvalue weighted by molar-refractivity contribution is 0.948. The Kier molecular flexibility index (Phi) is 1.00.